The van der Waals surface area contributed by atoms with Crippen molar-refractivity contribution in [3.63, 3.8) is 0 Å². The third-order valence-corrected chi connectivity index (χ3v) is 8.75. The smallest absolute Gasteiger partial charge is 0.338 e. The zero-order valence-corrected chi connectivity index (χ0v) is 31.2. The molecule has 9 nitrogen and oxygen atoms in total. The molecular weight excluding hydrogens is 636 g/mol. The maximum absolute atomic E-state index is 13.2. The molecule has 9 heteroatoms. The Morgan fingerprint density at radius 3 is 2.16 bits per heavy atom. The molecular formula is C41H64O9. The van der Waals surface area contributed by atoms with E-state index in [4.69, 9.17) is 9.84 Å². The van der Waals surface area contributed by atoms with E-state index in [-0.39, 0.29) is 24.7 Å². The monoisotopic (exact) mass is 700 g/mol. The van der Waals surface area contributed by atoms with E-state index < -0.39 is 48.6 Å². The van der Waals surface area contributed by atoms with E-state index in [9.17, 15) is 35.1 Å². The number of aliphatic hydroxyl groups excluding tert-OH is 5. The van der Waals surface area contributed by atoms with Crippen LogP contribution in [0.1, 0.15) is 122 Å². The number of esters is 1. The lowest BCUT2D eigenvalue weighted by Gasteiger charge is -2.23. The molecule has 0 bridgehead atoms. The van der Waals surface area contributed by atoms with Crippen molar-refractivity contribution in [2.45, 2.75) is 143 Å². The molecule has 0 saturated heterocycles. The van der Waals surface area contributed by atoms with E-state index >= 15 is 0 Å². The first-order chi connectivity index (χ1) is 23.5. The van der Waals surface area contributed by atoms with Gasteiger partial charge in [0.2, 0.25) is 0 Å². The number of allylic oxidation sites excluding steroid dienone is 5. The van der Waals surface area contributed by atoms with E-state index in [0.29, 0.717) is 42.7 Å². The molecule has 0 fully saturated rings. The molecule has 6 N–H and O–H groups in total. The highest BCUT2D eigenvalue weighted by Crippen LogP contribution is 2.23. The van der Waals surface area contributed by atoms with Gasteiger partial charge in [0.1, 0.15) is 6.10 Å². The van der Waals surface area contributed by atoms with E-state index in [0.717, 1.165) is 24.8 Å². The third kappa shape index (κ3) is 19.9. The van der Waals surface area contributed by atoms with Crippen molar-refractivity contribution in [1.82, 2.24) is 0 Å². The van der Waals surface area contributed by atoms with Gasteiger partial charge in [-0.05, 0) is 102 Å². The van der Waals surface area contributed by atoms with Crippen LogP contribution in [0.2, 0.25) is 0 Å². The van der Waals surface area contributed by atoms with Crippen LogP contribution < -0.4 is 0 Å². The Labute approximate surface area is 300 Å². The lowest BCUT2D eigenvalue weighted by Crippen LogP contribution is -2.27. The Balaban J connectivity index is 2.80. The second kappa shape index (κ2) is 24.2. The summed E-state index contributed by atoms with van der Waals surface area (Å²) in [6.45, 7) is 13.3. The Bertz CT molecular complexity index is 1260. The minimum absolute atomic E-state index is 0.00143. The maximum atomic E-state index is 13.2. The standard InChI is InChI=1S/C41H64O9/c1-27(21-29(3)22-31(5)36(44)24-32(6)42)13-9-8-10-14-30(4)39(17-12-18-40(47)48)50-41(49)35-16-11-15-34(26-35)20-19-28(2)23-37(45)38(46)25-33(7)43/h8,10-11,15-16,19-20,22-23,26-27,30-33,36-39,42-46H,9,12-14,17-18,21,24-25H2,1-7H3,(H,47,48)/b10-8+,20-19+,28-23+,29-22+. The van der Waals surface area contributed by atoms with Crippen LogP contribution in [0.25, 0.3) is 6.08 Å². The summed E-state index contributed by atoms with van der Waals surface area (Å²) < 4.78 is 5.96. The van der Waals surface area contributed by atoms with Gasteiger partial charge in [-0.15, -0.1) is 0 Å². The van der Waals surface area contributed by atoms with Crippen LogP contribution in [-0.4, -0.2) is 79.2 Å². The summed E-state index contributed by atoms with van der Waals surface area (Å²) in [6.07, 6.45) is 11.7. The van der Waals surface area contributed by atoms with Gasteiger partial charge in [0.05, 0.1) is 36.1 Å². The van der Waals surface area contributed by atoms with Crippen LogP contribution in [0.3, 0.4) is 0 Å². The fourth-order valence-electron chi connectivity index (χ4n) is 5.85. The second-order valence-electron chi connectivity index (χ2n) is 14.3. The fourth-order valence-corrected chi connectivity index (χ4v) is 5.85. The summed E-state index contributed by atoms with van der Waals surface area (Å²) in [5, 5.41) is 58.6. The molecule has 9 atom stereocenters. The van der Waals surface area contributed by atoms with Gasteiger partial charge < -0.3 is 35.4 Å². The van der Waals surface area contributed by atoms with Crippen molar-refractivity contribution in [1.29, 1.82) is 0 Å². The minimum atomic E-state index is -1.12. The van der Waals surface area contributed by atoms with Crippen LogP contribution in [0.4, 0.5) is 0 Å². The molecule has 9 unspecified atom stereocenters. The molecule has 1 aromatic carbocycles. The summed E-state index contributed by atoms with van der Waals surface area (Å²) in [4.78, 5) is 24.4. The first-order valence-electron chi connectivity index (χ1n) is 18.1. The number of aliphatic hydroxyl groups is 5. The van der Waals surface area contributed by atoms with Crippen LogP contribution >= 0.6 is 0 Å². The number of carboxylic acids is 1. The molecule has 0 aliphatic heterocycles. The summed E-state index contributed by atoms with van der Waals surface area (Å²) in [5.41, 5.74) is 3.05. The maximum Gasteiger partial charge on any atom is 0.338 e. The quantitative estimate of drug-likeness (QED) is 0.0378. The zero-order chi connectivity index (χ0) is 37.8. The Morgan fingerprint density at radius 1 is 0.860 bits per heavy atom. The number of carbonyl (C=O) groups excluding carboxylic acids is 1. The molecule has 0 aromatic heterocycles. The van der Waals surface area contributed by atoms with Crippen molar-refractivity contribution in [3.05, 3.63) is 76.9 Å². The first-order valence-corrected chi connectivity index (χ1v) is 18.1. The summed E-state index contributed by atoms with van der Waals surface area (Å²) in [5.74, 6) is -0.942. The average molecular weight is 701 g/mol. The number of carboxylic acid groups (broad SMARTS) is 1. The van der Waals surface area contributed by atoms with E-state index in [2.05, 4.69) is 32.1 Å². The molecule has 282 valence electrons. The minimum Gasteiger partial charge on any atom is -0.481 e. The zero-order valence-electron chi connectivity index (χ0n) is 31.2. The van der Waals surface area contributed by atoms with Gasteiger partial charge in [-0.25, -0.2) is 4.79 Å². The second-order valence-corrected chi connectivity index (χ2v) is 14.3. The molecule has 0 aliphatic rings. The van der Waals surface area contributed by atoms with Crippen molar-refractivity contribution in [2.24, 2.45) is 17.8 Å². The number of hydrogen-bond acceptors (Lipinski definition) is 8. The van der Waals surface area contributed by atoms with E-state index in [1.807, 2.05) is 19.9 Å². The predicted octanol–water partition coefficient (Wildman–Crippen LogP) is 7.02. The van der Waals surface area contributed by atoms with Gasteiger partial charge >= 0.3 is 11.9 Å². The van der Waals surface area contributed by atoms with Crippen molar-refractivity contribution in [2.75, 3.05) is 0 Å². The average Bonchev–Trinajstić information content (AvgIpc) is 3.02. The van der Waals surface area contributed by atoms with Gasteiger partial charge in [-0.2, -0.15) is 0 Å². The van der Waals surface area contributed by atoms with Gasteiger partial charge in [-0.1, -0.05) is 80.5 Å². The summed E-state index contributed by atoms with van der Waals surface area (Å²) in [7, 11) is 0. The highest BCUT2D eigenvalue weighted by Gasteiger charge is 2.22. The van der Waals surface area contributed by atoms with E-state index in [1.165, 1.54) is 11.6 Å². The topological polar surface area (TPSA) is 165 Å². The highest BCUT2D eigenvalue weighted by atomic mass is 16.5. The number of carbonyl (C=O) groups is 2. The fraction of sp³-hybridized carbons (Fsp3) is 0.610. The number of benzene rings is 1. The first kappa shape index (κ1) is 44.9. The number of rotatable bonds is 24. The SMILES string of the molecule is CC(/C=C/c1cccc(C(=O)OC(CCCC(=O)O)C(C)C/C=C/CCC(C)C/C(C)=C/C(C)C(O)CC(C)O)c1)=C\C(O)C(O)CC(C)O. The van der Waals surface area contributed by atoms with Crippen LogP contribution in [-0.2, 0) is 9.53 Å². The Kier molecular flexibility index (Phi) is 21.7. The molecule has 0 spiro atoms. The largest absolute Gasteiger partial charge is 0.481 e. The Hall–Kier alpha value is -3.08. The number of hydrogen-bond donors (Lipinski definition) is 6. The van der Waals surface area contributed by atoms with Crippen molar-refractivity contribution < 1.29 is 45.0 Å². The van der Waals surface area contributed by atoms with Crippen molar-refractivity contribution in [3.8, 4) is 0 Å². The molecule has 1 aromatic rings. The number of ether oxygens (including phenoxy) is 1. The van der Waals surface area contributed by atoms with Gasteiger partial charge in [0, 0.05) is 18.8 Å². The van der Waals surface area contributed by atoms with Gasteiger partial charge in [0.15, 0.2) is 0 Å². The third-order valence-electron chi connectivity index (χ3n) is 8.75. The Morgan fingerprint density at radius 2 is 1.52 bits per heavy atom. The van der Waals surface area contributed by atoms with E-state index in [1.54, 1.807) is 51.1 Å². The highest BCUT2D eigenvalue weighted by molar-refractivity contribution is 5.90. The van der Waals surface area contributed by atoms with Crippen molar-refractivity contribution >= 4 is 18.0 Å². The van der Waals surface area contributed by atoms with Gasteiger partial charge in [-0.3, -0.25) is 4.79 Å². The molecule has 0 saturated carbocycles. The summed E-state index contributed by atoms with van der Waals surface area (Å²) >= 11 is 0. The molecule has 50 heavy (non-hydrogen) atoms. The molecule has 0 heterocycles. The molecule has 0 aliphatic carbocycles. The molecule has 0 amide bonds. The summed E-state index contributed by atoms with van der Waals surface area (Å²) in [6, 6.07) is 6.97. The van der Waals surface area contributed by atoms with Crippen LogP contribution in [0.5, 0.6) is 0 Å². The normalized spacial score (nSPS) is 18.3. The van der Waals surface area contributed by atoms with Crippen LogP contribution in [0.15, 0.2) is 65.8 Å². The van der Waals surface area contributed by atoms with Crippen LogP contribution in [0, 0.1) is 17.8 Å². The van der Waals surface area contributed by atoms with Gasteiger partial charge in [0.25, 0.3) is 0 Å². The molecule has 0 radical (unpaired) electrons. The predicted molar refractivity (Wildman–Crippen MR) is 199 cm³/mol. The lowest BCUT2D eigenvalue weighted by molar-refractivity contribution is -0.137. The number of aliphatic carboxylic acids is 1. The molecule has 1 rings (SSSR count). The lowest BCUT2D eigenvalue weighted by atomic mass is 9.92.